The average molecular weight is 326 g/mol. The molecule has 0 aromatic heterocycles. The Kier molecular flexibility index (Phi) is 6.05. The van der Waals surface area contributed by atoms with Gasteiger partial charge < -0.3 is 10.0 Å². The summed E-state index contributed by atoms with van der Waals surface area (Å²) in [7, 11) is 0. The maximum atomic E-state index is 13.1. The molecule has 1 rings (SSSR count). The highest BCUT2D eigenvalue weighted by atomic mass is 35.5. The molecule has 1 N–H and O–H groups in total. The van der Waals surface area contributed by atoms with Crippen molar-refractivity contribution in [3.05, 3.63) is 35.9 Å². The fourth-order valence-electron chi connectivity index (χ4n) is 3.01. The van der Waals surface area contributed by atoms with Gasteiger partial charge in [-0.1, -0.05) is 37.3 Å². The van der Waals surface area contributed by atoms with Gasteiger partial charge in [-0.3, -0.25) is 4.79 Å². The molecule has 0 radical (unpaired) electrons. The molecular formula is C18H28ClNO2. The number of halogens is 1. The molecule has 0 spiro atoms. The molecule has 22 heavy (non-hydrogen) atoms. The van der Waals surface area contributed by atoms with Crippen LogP contribution in [-0.4, -0.2) is 32.9 Å². The average Bonchev–Trinajstić information content (AvgIpc) is 2.46. The van der Waals surface area contributed by atoms with Gasteiger partial charge in [0.2, 0.25) is 5.91 Å². The number of carbonyl (C=O) groups excluding carboxylic acids is 1. The second-order valence-corrected chi connectivity index (χ2v) is 7.24. The zero-order chi connectivity index (χ0) is 17.1. The number of alkyl halides is 1. The molecule has 2 atom stereocenters. The molecule has 0 fully saturated rings. The van der Waals surface area contributed by atoms with E-state index in [9.17, 15) is 9.90 Å². The first-order valence-electron chi connectivity index (χ1n) is 7.89. The van der Waals surface area contributed by atoms with Gasteiger partial charge >= 0.3 is 0 Å². The number of benzene rings is 1. The molecule has 1 aromatic carbocycles. The summed E-state index contributed by atoms with van der Waals surface area (Å²) in [5, 5.41) is 11.2. The van der Waals surface area contributed by atoms with E-state index in [2.05, 4.69) is 0 Å². The van der Waals surface area contributed by atoms with Crippen molar-refractivity contribution in [2.24, 2.45) is 0 Å². The molecule has 0 saturated carbocycles. The van der Waals surface area contributed by atoms with Crippen LogP contribution in [0.2, 0.25) is 0 Å². The molecule has 4 heteroatoms. The summed E-state index contributed by atoms with van der Waals surface area (Å²) >= 11 is 6.67. The third-order valence-corrected chi connectivity index (χ3v) is 4.76. The van der Waals surface area contributed by atoms with Gasteiger partial charge in [-0.25, -0.2) is 0 Å². The summed E-state index contributed by atoms with van der Waals surface area (Å²) in [6, 6.07) is 9.22. The number of carbonyl (C=O) groups is 1. The first kappa shape index (κ1) is 19.0. The van der Waals surface area contributed by atoms with Crippen molar-refractivity contribution in [1.82, 2.24) is 4.90 Å². The van der Waals surface area contributed by atoms with Gasteiger partial charge in [-0.15, -0.1) is 11.6 Å². The number of aliphatic hydroxyl groups is 1. The van der Waals surface area contributed by atoms with Crippen LogP contribution in [0, 0.1) is 0 Å². The van der Waals surface area contributed by atoms with Crippen LogP contribution in [0.15, 0.2) is 30.3 Å². The normalized spacial score (nSPS) is 17.2. The SMILES string of the molecule is CCC(O)(c1ccccc1)C(C)(Cl)C(=O)N(C(C)C)C(C)C. The predicted octanol–water partition coefficient (Wildman–Crippen LogP) is 3.93. The maximum absolute atomic E-state index is 13.1. The van der Waals surface area contributed by atoms with E-state index in [-0.39, 0.29) is 18.0 Å². The molecule has 0 heterocycles. The van der Waals surface area contributed by atoms with Crippen LogP contribution in [0.1, 0.15) is 53.5 Å². The van der Waals surface area contributed by atoms with Crippen LogP contribution >= 0.6 is 11.6 Å². The molecular weight excluding hydrogens is 298 g/mol. The largest absolute Gasteiger partial charge is 0.383 e. The summed E-state index contributed by atoms with van der Waals surface area (Å²) in [6.45, 7) is 11.3. The predicted molar refractivity (Wildman–Crippen MR) is 92.0 cm³/mol. The zero-order valence-electron chi connectivity index (χ0n) is 14.4. The molecule has 0 saturated heterocycles. The van der Waals surface area contributed by atoms with Gasteiger partial charge in [0, 0.05) is 12.1 Å². The number of hydrogen-bond acceptors (Lipinski definition) is 2. The van der Waals surface area contributed by atoms with E-state index in [4.69, 9.17) is 11.6 Å². The fraction of sp³-hybridized carbons (Fsp3) is 0.611. The molecule has 0 aliphatic heterocycles. The van der Waals surface area contributed by atoms with Gasteiger partial charge in [0.25, 0.3) is 0 Å². The van der Waals surface area contributed by atoms with E-state index in [1.165, 1.54) is 0 Å². The molecule has 0 aliphatic carbocycles. The van der Waals surface area contributed by atoms with Gasteiger partial charge in [0.05, 0.1) is 0 Å². The number of amides is 1. The molecule has 3 nitrogen and oxygen atoms in total. The second kappa shape index (κ2) is 7.01. The highest BCUT2D eigenvalue weighted by Gasteiger charge is 2.53. The van der Waals surface area contributed by atoms with Crippen LogP contribution in [0.25, 0.3) is 0 Å². The zero-order valence-corrected chi connectivity index (χ0v) is 15.2. The van der Waals surface area contributed by atoms with Crippen LogP contribution in [0.4, 0.5) is 0 Å². The summed E-state index contributed by atoms with van der Waals surface area (Å²) in [5.74, 6) is -0.243. The Bertz CT molecular complexity index is 491. The Morgan fingerprint density at radius 3 is 2.00 bits per heavy atom. The van der Waals surface area contributed by atoms with Crippen molar-refractivity contribution in [2.45, 2.75) is 70.5 Å². The number of rotatable bonds is 6. The summed E-state index contributed by atoms with van der Waals surface area (Å²) < 4.78 is 0. The Morgan fingerprint density at radius 2 is 1.64 bits per heavy atom. The summed E-state index contributed by atoms with van der Waals surface area (Å²) in [6.07, 6.45) is 0.354. The van der Waals surface area contributed by atoms with Crippen molar-refractivity contribution in [1.29, 1.82) is 0 Å². The van der Waals surface area contributed by atoms with Gasteiger partial charge in [0.15, 0.2) is 4.87 Å². The van der Waals surface area contributed by atoms with Crippen molar-refractivity contribution in [3.63, 3.8) is 0 Å². The van der Waals surface area contributed by atoms with Crippen LogP contribution in [-0.2, 0) is 10.4 Å². The van der Waals surface area contributed by atoms with Crippen LogP contribution < -0.4 is 0 Å². The van der Waals surface area contributed by atoms with Gasteiger partial charge in [-0.2, -0.15) is 0 Å². The second-order valence-electron chi connectivity index (χ2n) is 6.48. The van der Waals surface area contributed by atoms with E-state index in [0.29, 0.717) is 12.0 Å². The van der Waals surface area contributed by atoms with Crippen molar-refractivity contribution in [2.75, 3.05) is 0 Å². The summed E-state index contributed by atoms with van der Waals surface area (Å²) in [5.41, 5.74) is -0.759. The van der Waals surface area contributed by atoms with Crippen molar-refractivity contribution >= 4 is 17.5 Å². The van der Waals surface area contributed by atoms with E-state index < -0.39 is 10.5 Å². The maximum Gasteiger partial charge on any atom is 0.247 e. The molecule has 1 amide bonds. The minimum Gasteiger partial charge on any atom is -0.383 e. The van der Waals surface area contributed by atoms with Crippen molar-refractivity contribution < 1.29 is 9.90 Å². The highest BCUT2D eigenvalue weighted by Crippen LogP contribution is 2.42. The van der Waals surface area contributed by atoms with E-state index in [0.717, 1.165) is 0 Å². The monoisotopic (exact) mass is 325 g/mol. The van der Waals surface area contributed by atoms with Crippen LogP contribution in [0.5, 0.6) is 0 Å². The minimum absolute atomic E-state index is 0.0162. The molecule has 2 unspecified atom stereocenters. The first-order valence-corrected chi connectivity index (χ1v) is 8.27. The summed E-state index contributed by atoms with van der Waals surface area (Å²) in [4.78, 5) is 13.4. The van der Waals surface area contributed by atoms with Crippen LogP contribution in [0.3, 0.4) is 0 Å². The van der Waals surface area contributed by atoms with Crippen molar-refractivity contribution in [3.8, 4) is 0 Å². The Hall–Kier alpha value is -1.06. The number of hydrogen-bond donors (Lipinski definition) is 1. The highest BCUT2D eigenvalue weighted by molar-refractivity contribution is 6.35. The Morgan fingerprint density at radius 1 is 1.18 bits per heavy atom. The molecule has 0 bridgehead atoms. The molecule has 124 valence electrons. The van der Waals surface area contributed by atoms with E-state index >= 15 is 0 Å². The number of nitrogens with zero attached hydrogens (tertiary/aromatic N) is 1. The van der Waals surface area contributed by atoms with Gasteiger partial charge in [0.1, 0.15) is 5.60 Å². The third-order valence-electron chi connectivity index (χ3n) is 4.29. The van der Waals surface area contributed by atoms with E-state index in [1.54, 1.807) is 11.8 Å². The topological polar surface area (TPSA) is 40.5 Å². The lowest BCUT2D eigenvalue weighted by atomic mass is 9.78. The molecule has 1 aromatic rings. The van der Waals surface area contributed by atoms with Gasteiger partial charge in [-0.05, 0) is 46.6 Å². The quantitative estimate of drug-likeness (QED) is 0.805. The first-order chi connectivity index (χ1) is 10.1. The lowest BCUT2D eigenvalue weighted by Crippen LogP contribution is -2.59. The lowest BCUT2D eigenvalue weighted by Gasteiger charge is -2.44. The Balaban J connectivity index is 3.32. The minimum atomic E-state index is -1.43. The standard InChI is InChI=1S/C18H28ClNO2/c1-7-18(22,15-11-9-8-10-12-15)17(6,19)16(21)20(13(2)3)14(4)5/h8-14,22H,7H2,1-6H3. The smallest absolute Gasteiger partial charge is 0.247 e. The lowest BCUT2D eigenvalue weighted by molar-refractivity contribution is -0.146. The third kappa shape index (κ3) is 3.31. The Labute approximate surface area is 139 Å². The van der Waals surface area contributed by atoms with E-state index in [1.807, 2.05) is 65.0 Å². The molecule has 0 aliphatic rings. The fourth-order valence-corrected chi connectivity index (χ4v) is 3.35.